The topological polar surface area (TPSA) is 67.9 Å². The number of likely N-dealkylation sites (tertiary alicyclic amines) is 1. The second kappa shape index (κ2) is 6.75. The van der Waals surface area contributed by atoms with Gasteiger partial charge in [0.05, 0.1) is 7.11 Å². The number of nitrogens with one attached hydrogen (secondary N) is 1. The number of alkyl carbamates (subject to hydrolysis) is 1. The van der Waals surface area contributed by atoms with E-state index in [1.165, 1.54) is 7.11 Å². The lowest BCUT2D eigenvalue weighted by Gasteiger charge is -2.32. The summed E-state index contributed by atoms with van der Waals surface area (Å²) in [5, 5.41) is 2.71. The van der Waals surface area contributed by atoms with Crippen LogP contribution in [0.2, 0.25) is 0 Å². The van der Waals surface area contributed by atoms with Crippen LogP contribution in [0, 0.1) is 5.92 Å². The molecule has 108 valence electrons. The summed E-state index contributed by atoms with van der Waals surface area (Å²) in [6, 6.07) is -0.477. The molecule has 0 aromatic heterocycles. The van der Waals surface area contributed by atoms with Crippen molar-refractivity contribution in [3.63, 3.8) is 0 Å². The fourth-order valence-electron chi connectivity index (χ4n) is 2.75. The van der Waals surface area contributed by atoms with Crippen LogP contribution in [0.15, 0.2) is 0 Å². The van der Waals surface area contributed by atoms with E-state index in [1.807, 2.05) is 4.90 Å². The maximum absolute atomic E-state index is 12.5. The van der Waals surface area contributed by atoms with Crippen molar-refractivity contribution >= 4 is 12.0 Å². The summed E-state index contributed by atoms with van der Waals surface area (Å²) in [6.45, 7) is 2.89. The molecule has 2 amide bonds. The first-order valence-electron chi connectivity index (χ1n) is 6.93. The third-order valence-corrected chi connectivity index (χ3v) is 3.88. The Morgan fingerprint density at radius 3 is 2.47 bits per heavy atom. The van der Waals surface area contributed by atoms with Crippen LogP contribution in [0.5, 0.6) is 0 Å². The Balaban J connectivity index is 2.03. The molecule has 2 heterocycles. The van der Waals surface area contributed by atoms with E-state index in [4.69, 9.17) is 4.74 Å². The predicted molar refractivity (Wildman–Crippen MR) is 68.7 cm³/mol. The maximum atomic E-state index is 12.5. The summed E-state index contributed by atoms with van der Waals surface area (Å²) >= 11 is 0. The zero-order valence-electron chi connectivity index (χ0n) is 11.4. The molecular formula is C13H22N2O4. The molecule has 2 aliphatic rings. The molecule has 2 aliphatic heterocycles. The van der Waals surface area contributed by atoms with Crippen LogP contribution in [0.4, 0.5) is 4.79 Å². The lowest BCUT2D eigenvalue weighted by atomic mass is 9.91. The first kappa shape index (κ1) is 14.1. The Morgan fingerprint density at radius 2 is 1.89 bits per heavy atom. The number of carbonyl (C=O) groups excluding carboxylic acids is 2. The molecule has 2 rings (SSSR count). The number of nitrogens with zero attached hydrogens (tertiary/aromatic N) is 1. The van der Waals surface area contributed by atoms with Gasteiger partial charge in [-0.3, -0.25) is 4.79 Å². The highest BCUT2D eigenvalue weighted by Crippen LogP contribution is 2.22. The van der Waals surface area contributed by atoms with Crippen molar-refractivity contribution < 1.29 is 19.1 Å². The minimum absolute atomic E-state index is 0.0230. The van der Waals surface area contributed by atoms with Crippen molar-refractivity contribution in [2.45, 2.75) is 31.7 Å². The average molecular weight is 270 g/mol. The number of rotatable bonds is 3. The summed E-state index contributed by atoms with van der Waals surface area (Å²) in [5.41, 5.74) is 0. The van der Waals surface area contributed by atoms with E-state index in [-0.39, 0.29) is 11.8 Å². The van der Waals surface area contributed by atoms with Crippen LogP contribution in [0.1, 0.15) is 25.7 Å². The van der Waals surface area contributed by atoms with Gasteiger partial charge in [0.15, 0.2) is 0 Å². The molecule has 0 radical (unpaired) electrons. The summed E-state index contributed by atoms with van der Waals surface area (Å²) in [7, 11) is 1.32. The number of amides is 2. The Labute approximate surface area is 113 Å². The number of hydrogen-bond donors (Lipinski definition) is 1. The predicted octanol–water partition coefficient (Wildman–Crippen LogP) is 0.760. The monoisotopic (exact) mass is 270 g/mol. The summed E-state index contributed by atoms with van der Waals surface area (Å²) in [6.07, 6.45) is 3.15. The van der Waals surface area contributed by atoms with Gasteiger partial charge in [-0.2, -0.15) is 0 Å². The van der Waals surface area contributed by atoms with Crippen LogP contribution >= 0.6 is 0 Å². The van der Waals surface area contributed by atoms with E-state index in [0.29, 0.717) is 13.2 Å². The Hall–Kier alpha value is -1.30. The highest BCUT2D eigenvalue weighted by atomic mass is 16.5. The maximum Gasteiger partial charge on any atom is 0.407 e. The average Bonchev–Trinajstić information content (AvgIpc) is 2.99. The molecule has 6 heteroatoms. The Kier molecular flexibility index (Phi) is 5.01. The second-order valence-electron chi connectivity index (χ2n) is 5.10. The van der Waals surface area contributed by atoms with Crippen LogP contribution < -0.4 is 5.32 Å². The molecular weight excluding hydrogens is 248 g/mol. The van der Waals surface area contributed by atoms with E-state index >= 15 is 0 Å². The third kappa shape index (κ3) is 3.59. The molecule has 0 spiro atoms. The third-order valence-electron chi connectivity index (χ3n) is 3.88. The largest absolute Gasteiger partial charge is 0.453 e. The first-order chi connectivity index (χ1) is 9.22. The van der Waals surface area contributed by atoms with Crippen LogP contribution in [-0.4, -0.2) is 56.4 Å². The van der Waals surface area contributed by atoms with E-state index < -0.39 is 12.1 Å². The summed E-state index contributed by atoms with van der Waals surface area (Å²) < 4.78 is 9.95. The van der Waals surface area contributed by atoms with Crippen molar-refractivity contribution in [2.75, 3.05) is 33.4 Å². The highest BCUT2D eigenvalue weighted by Gasteiger charge is 2.35. The smallest absolute Gasteiger partial charge is 0.407 e. The molecule has 2 fully saturated rings. The van der Waals surface area contributed by atoms with Crippen molar-refractivity contribution in [1.82, 2.24) is 10.2 Å². The van der Waals surface area contributed by atoms with E-state index in [0.717, 1.165) is 38.8 Å². The Bertz CT molecular complexity index is 323. The lowest BCUT2D eigenvalue weighted by Crippen LogP contribution is -2.52. The highest BCUT2D eigenvalue weighted by molar-refractivity contribution is 5.86. The molecule has 0 aliphatic carbocycles. The SMILES string of the molecule is COC(=O)NC(C(=O)N1CCCC1)C1CCOCC1. The van der Waals surface area contributed by atoms with Gasteiger partial charge < -0.3 is 19.7 Å². The van der Waals surface area contributed by atoms with E-state index in [2.05, 4.69) is 10.1 Å². The fraction of sp³-hybridized carbons (Fsp3) is 0.846. The van der Waals surface area contributed by atoms with Crippen molar-refractivity contribution in [3.05, 3.63) is 0 Å². The van der Waals surface area contributed by atoms with Gasteiger partial charge in [0.1, 0.15) is 6.04 Å². The minimum Gasteiger partial charge on any atom is -0.453 e. The molecule has 1 N–H and O–H groups in total. The van der Waals surface area contributed by atoms with Gasteiger partial charge >= 0.3 is 6.09 Å². The van der Waals surface area contributed by atoms with Gasteiger partial charge in [-0.1, -0.05) is 0 Å². The molecule has 19 heavy (non-hydrogen) atoms. The zero-order valence-corrected chi connectivity index (χ0v) is 11.4. The number of ether oxygens (including phenoxy) is 2. The number of hydrogen-bond acceptors (Lipinski definition) is 4. The first-order valence-corrected chi connectivity index (χ1v) is 6.93. The normalized spacial score (nSPS) is 22.1. The van der Waals surface area contributed by atoms with Gasteiger partial charge in [0.2, 0.25) is 5.91 Å². The minimum atomic E-state index is -0.538. The number of carbonyl (C=O) groups is 2. The van der Waals surface area contributed by atoms with Crippen molar-refractivity contribution in [2.24, 2.45) is 5.92 Å². The number of methoxy groups -OCH3 is 1. The molecule has 1 unspecified atom stereocenters. The standard InChI is InChI=1S/C13H22N2O4/c1-18-13(17)14-11(10-4-8-19-9-5-10)12(16)15-6-2-3-7-15/h10-11H,2-9H2,1H3,(H,14,17). The second-order valence-corrected chi connectivity index (χ2v) is 5.10. The van der Waals surface area contributed by atoms with Crippen LogP contribution in [0.25, 0.3) is 0 Å². The van der Waals surface area contributed by atoms with Gasteiger partial charge in [-0.05, 0) is 31.6 Å². The fourth-order valence-corrected chi connectivity index (χ4v) is 2.75. The van der Waals surface area contributed by atoms with Gasteiger partial charge in [0, 0.05) is 26.3 Å². The van der Waals surface area contributed by atoms with Gasteiger partial charge in [0.25, 0.3) is 0 Å². The van der Waals surface area contributed by atoms with Gasteiger partial charge in [-0.25, -0.2) is 4.79 Å². The quantitative estimate of drug-likeness (QED) is 0.822. The molecule has 1 atom stereocenters. The molecule has 0 bridgehead atoms. The van der Waals surface area contributed by atoms with Crippen molar-refractivity contribution in [3.8, 4) is 0 Å². The molecule has 0 saturated carbocycles. The summed E-state index contributed by atoms with van der Waals surface area (Å²) in [5.74, 6) is 0.163. The lowest BCUT2D eigenvalue weighted by molar-refractivity contribution is -0.134. The molecule has 6 nitrogen and oxygen atoms in total. The van der Waals surface area contributed by atoms with E-state index in [9.17, 15) is 9.59 Å². The molecule has 0 aromatic carbocycles. The van der Waals surface area contributed by atoms with Crippen LogP contribution in [0.3, 0.4) is 0 Å². The van der Waals surface area contributed by atoms with Crippen LogP contribution in [-0.2, 0) is 14.3 Å². The molecule has 0 aromatic rings. The van der Waals surface area contributed by atoms with Crippen molar-refractivity contribution in [1.29, 1.82) is 0 Å². The molecule has 2 saturated heterocycles. The van der Waals surface area contributed by atoms with Gasteiger partial charge in [-0.15, -0.1) is 0 Å². The Morgan fingerprint density at radius 1 is 1.26 bits per heavy atom. The summed E-state index contributed by atoms with van der Waals surface area (Å²) in [4.78, 5) is 25.8. The van der Waals surface area contributed by atoms with E-state index in [1.54, 1.807) is 0 Å². The zero-order chi connectivity index (χ0) is 13.7.